The number of H-pyrrole nitrogens is 1. The summed E-state index contributed by atoms with van der Waals surface area (Å²) < 4.78 is 0. The Morgan fingerprint density at radius 1 is 1.04 bits per heavy atom. The molecular weight excluding hydrogens is 310 g/mol. The van der Waals surface area contributed by atoms with Crippen molar-refractivity contribution in [1.82, 2.24) is 4.98 Å². The average Bonchev–Trinajstić information content (AvgIpc) is 2.94. The monoisotopic (exact) mass is 323 g/mol. The Balaban J connectivity index is 2.46. The van der Waals surface area contributed by atoms with Gasteiger partial charge in [-0.3, -0.25) is 5.41 Å². The largest absolute Gasteiger partial charge is 0.478 e. The molecule has 0 saturated carbocycles. The molecule has 0 amide bonds. The highest BCUT2D eigenvalue weighted by molar-refractivity contribution is 6.19. The fourth-order valence-electron chi connectivity index (χ4n) is 2.71. The molecule has 0 radical (unpaired) electrons. The smallest absolute Gasteiger partial charge is 0.336 e. The quantitative estimate of drug-likeness (QED) is 0.370. The summed E-state index contributed by atoms with van der Waals surface area (Å²) >= 11 is 0. The number of hydrogen-bond donors (Lipinski definition) is 5. The molecule has 1 aromatic heterocycles. The van der Waals surface area contributed by atoms with Gasteiger partial charge in [-0.2, -0.15) is 0 Å². The molecular formula is C17H13N3O4. The van der Waals surface area contributed by atoms with Crippen LogP contribution < -0.4 is 5.73 Å². The van der Waals surface area contributed by atoms with E-state index in [1.165, 1.54) is 6.07 Å². The van der Waals surface area contributed by atoms with Crippen LogP contribution in [0.4, 0.5) is 0 Å². The Kier molecular flexibility index (Phi) is 3.53. The zero-order valence-corrected chi connectivity index (χ0v) is 12.3. The average molecular weight is 323 g/mol. The summed E-state index contributed by atoms with van der Waals surface area (Å²) in [5.41, 5.74) is 7.05. The van der Waals surface area contributed by atoms with Crippen LogP contribution in [0.3, 0.4) is 0 Å². The predicted molar refractivity (Wildman–Crippen MR) is 88.7 cm³/mol. The highest BCUT2D eigenvalue weighted by Crippen LogP contribution is 2.33. The van der Waals surface area contributed by atoms with Gasteiger partial charge in [0.05, 0.1) is 22.4 Å². The number of carboxylic acids is 2. The first-order chi connectivity index (χ1) is 11.4. The number of rotatable bonds is 4. The molecule has 1 heterocycles. The van der Waals surface area contributed by atoms with Crippen molar-refractivity contribution in [3.05, 3.63) is 59.2 Å². The molecule has 0 saturated heterocycles. The van der Waals surface area contributed by atoms with Gasteiger partial charge >= 0.3 is 11.9 Å². The fourth-order valence-corrected chi connectivity index (χ4v) is 2.71. The van der Waals surface area contributed by atoms with Crippen molar-refractivity contribution in [2.45, 2.75) is 0 Å². The van der Waals surface area contributed by atoms with E-state index in [4.69, 9.17) is 11.1 Å². The van der Waals surface area contributed by atoms with Crippen LogP contribution in [0.15, 0.2) is 42.5 Å². The third-order valence-corrected chi connectivity index (χ3v) is 3.71. The summed E-state index contributed by atoms with van der Waals surface area (Å²) in [5.74, 6) is -2.82. The molecule has 120 valence electrons. The lowest BCUT2D eigenvalue weighted by molar-refractivity contribution is 0.0696. The van der Waals surface area contributed by atoms with Gasteiger partial charge in [0.15, 0.2) is 0 Å². The zero-order valence-electron chi connectivity index (χ0n) is 12.3. The maximum absolute atomic E-state index is 11.6. The van der Waals surface area contributed by atoms with Crippen LogP contribution in [-0.2, 0) is 0 Å². The first-order valence-corrected chi connectivity index (χ1v) is 6.96. The summed E-state index contributed by atoms with van der Waals surface area (Å²) in [7, 11) is 0. The maximum atomic E-state index is 11.6. The summed E-state index contributed by atoms with van der Waals surface area (Å²) in [6, 6.07) is 11.4. The highest BCUT2D eigenvalue weighted by atomic mass is 16.4. The molecule has 2 aromatic carbocycles. The van der Waals surface area contributed by atoms with E-state index in [1.807, 2.05) is 6.07 Å². The lowest BCUT2D eigenvalue weighted by atomic mass is 9.99. The van der Waals surface area contributed by atoms with Crippen molar-refractivity contribution >= 4 is 28.7 Å². The first kappa shape index (κ1) is 15.3. The highest BCUT2D eigenvalue weighted by Gasteiger charge is 2.23. The minimum atomic E-state index is -1.29. The Morgan fingerprint density at radius 2 is 1.71 bits per heavy atom. The number of fused-ring (bicyclic) bond motifs is 1. The van der Waals surface area contributed by atoms with Crippen molar-refractivity contribution in [3.63, 3.8) is 0 Å². The minimum absolute atomic E-state index is 0.157. The molecule has 0 spiro atoms. The molecule has 0 bridgehead atoms. The van der Waals surface area contributed by atoms with Gasteiger partial charge in [0.25, 0.3) is 0 Å². The zero-order chi connectivity index (χ0) is 17.4. The van der Waals surface area contributed by atoms with Crippen LogP contribution in [0.1, 0.15) is 26.3 Å². The van der Waals surface area contributed by atoms with Gasteiger partial charge in [0.1, 0.15) is 5.84 Å². The van der Waals surface area contributed by atoms with Crippen molar-refractivity contribution < 1.29 is 19.8 Å². The molecule has 3 rings (SSSR count). The Bertz CT molecular complexity index is 990. The van der Waals surface area contributed by atoms with Crippen LogP contribution in [0.5, 0.6) is 0 Å². The van der Waals surface area contributed by atoms with Gasteiger partial charge < -0.3 is 20.9 Å². The number of aromatic carboxylic acids is 2. The van der Waals surface area contributed by atoms with E-state index in [0.29, 0.717) is 16.8 Å². The second-order valence-electron chi connectivity index (χ2n) is 5.21. The van der Waals surface area contributed by atoms with Gasteiger partial charge in [0, 0.05) is 10.9 Å². The number of nitrogens with two attached hydrogens (primary N) is 1. The van der Waals surface area contributed by atoms with Gasteiger partial charge in [-0.1, -0.05) is 30.3 Å². The first-order valence-electron chi connectivity index (χ1n) is 6.96. The second kappa shape index (κ2) is 5.54. The predicted octanol–water partition coefficient (Wildman–Crippen LogP) is 2.52. The van der Waals surface area contributed by atoms with Gasteiger partial charge in [-0.25, -0.2) is 9.59 Å². The van der Waals surface area contributed by atoms with E-state index in [-0.39, 0.29) is 27.9 Å². The SMILES string of the molecule is N=C(N)c1c(-c2ccccc2)[nH]c2cc(C(=O)O)cc(C(=O)O)c12. The van der Waals surface area contributed by atoms with Gasteiger partial charge in [0.2, 0.25) is 0 Å². The van der Waals surface area contributed by atoms with Crippen LogP contribution >= 0.6 is 0 Å². The van der Waals surface area contributed by atoms with Crippen molar-refractivity contribution in [1.29, 1.82) is 5.41 Å². The van der Waals surface area contributed by atoms with E-state index in [9.17, 15) is 19.8 Å². The molecule has 0 aliphatic rings. The molecule has 0 aliphatic heterocycles. The van der Waals surface area contributed by atoms with Crippen LogP contribution in [0, 0.1) is 5.41 Å². The standard InChI is InChI=1S/C17H13N3O4/c18-15(19)13-12-10(17(23)24)6-9(16(21)22)7-11(12)20-14(13)8-4-2-1-3-5-8/h1-7,20H,(H3,18,19)(H,21,22)(H,23,24). The number of nitrogen functional groups attached to an aromatic ring is 1. The molecule has 24 heavy (non-hydrogen) atoms. The van der Waals surface area contributed by atoms with Crippen molar-refractivity contribution in [2.24, 2.45) is 5.73 Å². The lowest BCUT2D eigenvalue weighted by Gasteiger charge is -2.05. The summed E-state index contributed by atoms with van der Waals surface area (Å²) in [5, 5.41) is 26.7. The lowest BCUT2D eigenvalue weighted by Crippen LogP contribution is -2.13. The van der Waals surface area contributed by atoms with Crippen molar-refractivity contribution in [3.8, 4) is 11.3 Å². The number of carbonyl (C=O) groups is 2. The Hall–Kier alpha value is -3.61. The number of nitrogens with one attached hydrogen (secondary N) is 2. The van der Waals surface area contributed by atoms with E-state index >= 15 is 0 Å². The Morgan fingerprint density at radius 3 is 2.25 bits per heavy atom. The van der Waals surface area contributed by atoms with E-state index < -0.39 is 11.9 Å². The summed E-state index contributed by atoms with van der Waals surface area (Å²) in [4.78, 5) is 25.8. The van der Waals surface area contributed by atoms with Gasteiger partial charge in [-0.15, -0.1) is 0 Å². The number of carboxylic acid groups (broad SMARTS) is 2. The third-order valence-electron chi connectivity index (χ3n) is 3.71. The normalized spacial score (nSPS) is 10.7. The minimum Gasteiger partial charge on any atom is -0.478 e. The molecule has 6 N–H and O–H groups in total. The Labute approximate surface area is 135 Å². The fraction of sp³-hybridized carbons (Fsp3) is 0. The molecule has 0 atom stereocenters. The van der Waals surface area contributed by atoms with E-state index in [0.717, 1.165) is 6.07 Å². The summed E-state index contributed by atoms with van der Waals surface area (Å²) in [6.45, 7) is 0. The third kappa shape index (κ3) is 2.38. The van der Waals surface area contributed by atoms with Crippen LogP contribution in [-0.4, -0.2) is 33.0 Å². The van der Waals surface area contributed by atoms with Crippen molar-refractivity contribution in [2.75, 3.05) is 0 Å². The van der Waals surface area contributed by atoms with Crippen LogP contribution in [0.2, 0.25) is 0 Å². The number of amidine groups is 1. The number of hydrogen-bond acceptors (Lipinski definition) is 3. The molecule has 7 heteroatoms. The molecule has 0 unspecified atom stereocenters. The second-order valence-corrected chi connectivity index (χ2v) is 5.21. The van der Waals surface area contributed by atoms with E-state index in [1.54, 1.807) is 24.3 Å². The maximum Gasteiger partial charge on any atom is 0.336 e. The molecule has 3 aromatic rings. The number of benzene rings is 2. The molecule has 0 aliphatic carbocycles. The molecule has 7 nitrogen and oxygen atoms in total. The van der Waals surface area contributed by atoms with Crippen LogP contribution in [0.25, 0.3) is 22.2 Å². The molecule has 0 fully saturated rings. The van der Waals surface area contributed by atoms with Gasteiger partial charge in [-0.05, 0) is 17.7 Å². The summed E-state index contributed by atoms with van der Waals surface area (Å²) in [6.07, 6.45) is 0. The van der Waals surface area contributed by atoms with E-state index in [2.05, 4.69) is 4.98 Å². The number of aromatic amines is 1. The topological polar surface area (TPSA) is 140 Å². The number of aromatic nitrogens is 1.